The fraction of sp³-hybridized carbons (Fsp3) is 0.455. The lowest BCUT2D eigenvalue weighted by Gasteiger charge is -2.32. The maximum absolute atomic E-state index is 14.5. The van der Waals surface area contributed by atoms with Crippen LogP contribution in [0.3, 0.4) is 0 Å². The first-order valence-electron chi connectivity index (χ1n) is 10.9. The Morgan fingerprint density at radius 2 is 2.15 bits per heavy atom. The fourth-order valence-corrected chi connectivity index (χ4v) is 4.61. The maximum atomic E-state index is 14.5. The number of fused-ring (bicyclic) bond motifs is 2. The number of aliphatic hydroxyl groups is 1. The van der Waals surface area contributed by atoms with E-state index in [2.05, 4.69) is 25.5 Å². The lowest BCUT2D eigenvalue weighted by Crippen LogP contribution is -2.48. The average molecular weight is 490 g/mol. The highest BCUT2D eigenvalue weighted by Crippen LogP contribution is 2.30. The van der Waals surface area contributed by atoms with Gasteiger partial charge in [-0.25, -0.2) is 9.37 Å². The summed E-state index contributed by atoms with van der Waals surface area (Å²) in [7, 11) is 1.48. The second-order valence-electron chi connectivity index (χ2n) is 7.89. The van der Waals surface area contributed by atoms with Gasteiger partial charge in [-0.1, -0.05) is 0 Å². The number of aliphatic hydroxyl groups excluding tert-OH is 1. The lowest BCUT2D eigenvalue weighted by molar-refractivity contribution is -0.230. The monoisotopic (exact) mass is 489 g/mol. The topological polar surface area (TPSA) is 121 Å². The van der Waals surface area contributed by atoms with E-state index < -0.39 is 18.2 Å². The van der Waals surface area contributed by atoms with Gasteiger partial charge in [0, 0.05) is 30.3 Å². The van der Waals surface area contributed by atoms with Crippen molar-refractivity contribution in [1.29, 1.82) is 0 Å². The predicted octanol–water partition coefficient (Wildman–Crippen LogP) is 1.49. The first-order chi connectivity index (χ1) is 16.6. The first kappa shape index (κ1) is 23.1. The molecule has 0 aromatic carbocycles. The summed E-state index contributed by atoms with van der Waals surface area (Å²) in [5.74, 6) is 1.25. The van der Waals surface area contributed by atoms with E-state index in [0.29, 0.717) is 49.2 Å². The number of aromatic nitrogens is 4. The fourth-order valence-electron chi connectivity index (χ4n) is 3.78. The molecule has 1 saturated heterocycles. The molecule has 1 fully saturated rings. The lowest BCUT2D eigenvalue weighted by atomic mass is 10.1. The third kappa shape index (κ3) is 5.05. The summed E-state index contributed by atoms with van der Waals surface area (Å²) >= 11 is 1.70. The van der Waals surface area contributed by atoms with Gasteiger partial charge in [0.05, 0.1) is 60.8 Å². The zero-order valence-electron chi connectivity index (χ0n) is 18.4. The van der Waals surface area contributed by atoms with Crippen molar-refractivity contribution in [3.05, 3.63) is 41.5 Å². The number of hydrogen-bond donors (Lipinski definition) is 2. The molecule has 0 spiro atoms. The molecule has 2 N–H and O–H groups in total. The molecule has 10 nitrogen and oxygen atoms in total. The highest BCUT2D eigenvalue weighted by Gasteiger charge is 2.29. The number of rotatable bonds is 7. The summed E-state index contributed by atoms with van der Waals surface area (Å²) in [5, 5.41) is 22.3. The number of halogens is 1. The molecule has 0 unspecified atom stereocenters. The summed E-state index contributed by atoms with van der Waals surface area (Å²) < 4.78 is 36.6. The van der Waals surface area contributed by atoms with Crippen LogP contribution in [0.25, 0.3) is 11.0 Å². The van der Waals surface area contributed by atoms with Crippen molar-refractivity contribution < 1.29 is 28.4 Å². The summed E-state index contributed by atoms with van der Waals surface area (Å²) in [4.78, 5) is 9.34. The van der Waals surface area contributed by atoms with Gasteiger partial charge in [0.15, 0.2) is 6.29 Å². The van der Waals surface area contributed by atoms with Crippen LogP contribution in [0.4, 0.5) is 4.39 Å². The minimum Gasteiger partial charge on any atom is -0.481 e. The number of pyridine rings is 2. The zero-order valence-corrected chi connectivity index (χ0v) is 19.3. The minimum atomic E-state index is -1.09. The molecule has 2 aliphatic rings. The van der Waals surface area contributed by atoms with E-state index in [1.165, 1.54) is 7.11 Å². The average Bonchev–Trinajstić information content (AvgIpc) is 2.89. The van der Waals surface area contributed by atoms with Crippen molar-refractivity contribution in [3.8, 4) is 11.8 Å². The van der Waals surface area contributed by atoms with Crippen molar-refractivity contribution in [2.75, 3.05) is 32.7 Å². The molecule has 3 aromatic rings. The van der Waals surface area contributed by atoms with Gasteiger partial charge >= 0.3 is 0 Å². The summed E-state index contributed by atoms with van der Waals surface area (Å²) in [5.41, 5.74) is 1.87. The van der Waals surface area contributed by atoms with Gasteiger partial charge in [-0.15, -0.1) is 16.9 Å². The highest BCUT2D eigenvalue weighted by molar-refractivity contribution is 7.99. The Morgan fingerprint density at radius 3 is 2.97 bits per heavy atom. The second kappa shape index (κ2) is 10.3. The Labute approximate surface area is 199 Å². The normalized spacial score (nSPS) is 21.0. The third-order valence-corrected chi connectivity index (χ3v) is 6.50. The molecule has 0 aliphatic carbocycles. The Bertz CT molecular complexity index is 1160. The van der Waals surface area contributed by atoms with Gasteiger partial charge in [0.25, 0.3) is 0 Å². The van der Waals surface area contributed by atoms with Gasteiger partial charge in [-0.05, 0) is 12.1 Å². The van der Waals surface area contributed by atoms with Gasteiger partial charge < -0.3 is 29.4 Å². The van der Waals surface area contributed by atoms with E-state index in [0.717, 1.165) is 22.5 Å². The molecule has 0 bridgehead atoms. The second-order valence-corrected chi connectivity index (χ2v) is 9.03. The predicted molar refractivity (Wildman–Crippen MR) is 120 cm³/mol. The molecular formula is C22H24FN5O5S. The van der Waals surface area contributed by atoms with E-state index in [9.17, 15) is 9.50 Å². The molecule has 0 amide bonds. The van der Waals surface area contributed by atoms with Crippen LogP contribution in [0.15, 0.2) is 29.3 Å². The molecule has 12 heteroatoms. The van der Waals surface area contributed by atoms with Crippen LogP contribution in [0, 0.1) is 5.82 Å². The quantitative estimate of drug-likeness (QED) is 0.502. The summed E-state index contributed by atoms with van der Waals surface area (Å²) in [6.07, 6.45) is -0.894. The van der Waals surface area contributed by atoms with Crippen LogP contribution < -0.4 is 14.8 Å². The highest BCUT2D eigenvalue weighted by atomic mass is 32.2. The van der Waals surface area contributed by atoms with Crippen molar-refractivity contribution in [1.82, 2.24) is 25.5 Å². The number of methoxy groups -OCH3 is 1. The SMILES string of the molecule is COc1ccc2ncc(F)c(C[C@H](O)C3OCC(NCc4cc5c(nn4)OCCS5)CO3)c2n1. The Hall–Kier alpha value is -2.64. The van der Waals surface area contributed by atoms with Crippen molar-refractivity contribution in [3.63, 3.8) is 0 Å². The summed E-state index contributed by atoms with van der Waals surface area (Å²) in [6.45, 7) is 1.78. The van der Waals surface area contributed by atoms with Crippen molar-refractivity contribution in [2.24, 2.45) is 0 Å². The number of nitrogens with zero attached hydrogens (tertiary/aromatic N) is 4. The zero-order chi connectivity index (χ0) is 23.5. The van der Waals surface area contributed by atoms with Crippen LogP contribution >= 0.6 is 11.8 Å². The van der Waals surface area contributed by atoms with Crippen LogP contribution in [-0.4, -0.2) is 76.4 Å². The molecule has 5 rings (SSSR count). The smallest absolute Gasteiger partial charge is 0.247 e. The number of nitrogens with one attached hydrogen (secondary N) is 1. The van der Waals surface area contributed by atoms with Gasteiger partial charge in [-0.3, -0.25) is 4.98 Å². The maximum Gasteiger partial charge on any atom is 0.247 e. The van der Waals surface area contributed by atoms with Crippen LogP contribution in [-0.2, 0) is 22.4 Å². The molecule has 180 valence electrons. The standard InChI is InChI=1S/C22H24FN5O5S/c1-30-19-3-2-16-20(26-19)14(15(23)9-25-16)7-17(29)22-32-10-13(11-33-22)24-8-12-6-18-21(28-27-12)31-4-5-34-18/h2-3,6,9,13,17,22,24,29H,4-5,7-8,10-11H2,1H3/t13?,17-,22?/m0/s1. The van der Waals surface area contributed by atoms with Gasteiger partial charge in [-0.2, -0.15) is 5.10 Å². The Morgan fingerprint density at radius 1 is 1.29 bits per heavy atom. The Balaban J connectivity index is 1.16. The molecule has 0 saturated carbocycles. The molecular weight excluding hydrogens is 465 g/mol. The number of thioether (sulfide) groups is 1. The van der Waals surface area contributed by atoms with Crippen LogP contribution in [0.5, 0.6) is 11.8 Å². The van der Waals surface area contributed by atoms with Gasteiger partial charge in [0.2, 0.25) is 11.8 Å². The largest absolute Gasteiger partial charge is 0.481 e. The molecule has 1 atom stereocenters. The van der Waals surface area contributed by atoms with Crippen molar-refractivity contribution in [2.45, 2.75) is 36.3 Å². The van der Waals surface area contributed by atoms with Crippen molar-refractivity contribution >= 4 is 22.8 Å². The van der Waals surface area contributed by atoms with Crippen LogP contribution in [0.2, 0.25) is 0 Å². The molecule has 3 aromatic heterocycles. The molecule has 5 heterocycles. The molecule has 2 aliphatic heterocycles. The Kier molecular flexibility index (Phi) is 7.02. The van der Waals surface area contributed by atoms with E-state index in [4.69, 9.17) is 18.9 Å². The number of ether oxygens (including phenoxy) is 4. The van der Waals surface area contributed by atoms with Crippen LogP contribution in [0.1, 0.15) is 11.3 Å². The van der Waals surface area contributed by atoms with E-state index in [-0.39, 0.29) is 18.0 Å². The van der Waals surface area contributed by atoms with Gasteiger partial charge in [0.1, 0.15) is 11.9 Å². The molecule has 34 heavy (non-hydrogen) atoms. The van der Waals surface area contributed by atoms with E-state index in [1.54, 1.807) is 23.9 Å². The number of hydrogen-bond acceptors (Lipinski definition) is 11. The molecule has 0 radical (unpaired) electrons. The summed E-state index contributed by atoms with van der Waals surface area (Å²) in [6, 6.07) is 5.22. The van der Waals surface area contributed by atoms with E-state index >= 15 is 0 Å². The van der Waals surface area contributed by atoms with E-state index in [1.807, 2.05) is 6.07 Å². The third-order valence-electron chi connectivity index (χ3n) is 5.53. The first-order valence-corrected chi connectivity index (χ1v) is 11.8. The minimum absolute atomic E-state index is 0.0434.